The fourth-order valence-electron chi connectivity index (χ4n) is 2.07. The van der Waals surface area contributed by atoms with Gasteiger partial charge in [0, 0.05) is 24.4 Å². The van der Waals surface area contributed by atoms with Gasteiger partial charge in [-0.1, -0.05) is 6.07 Å². The highest BCUT2D eigenvalue weighted by atomic mass is 32.2. The molecule has 2 aromatic rings. The van der Waals surface area contributed by atoms with Gasteiger partial charge in [0.2, 0.25) is 0 Å². The van der Waals surface area contributed by atoms with Gasteiger partial charge < -0.3 is 14.8 Å². The number of rotatable bonds is 6. The van der Waals surface area contributed by atoms with Crippen LogP contribution < -0.4 is 19.5 Å². The molecular formula is C16H18N2O5S. The van der Waals surface area contributed by atoms with E-state index in [0.29, 0.717) is 11.3 Å². The van der Waals surface area contributed by atoms with Gasteiger partial charge in [0.15, 0.2) is 0 Å². The zero-order valence-electron chi connectivity index (χ0n) is 13.5. The number of nitrogens with one attached hydrogen (secondary N) is 2. The first-order valence-electron chi connectivity index (χ1n) is 6.98. The van der Waals surface area contributed by atoms with Crippen LogP contribution in [-0.4, -0.2) is 35.6 Å². The standard InChI is InChI=1S/C16H18N2O5S/c1-17-16(19)11-5-4-6-12(9-11)18-24(20,21)15-10-13(22-2)7-8-14(15)23-3/h4-10,18H,1-3H3,(H,17,19). The fraction of sp³-hybridized carbons (Fsp3) is 0.188. The highest BCUT2D eigenvalue weighted by Gasteiger charge is 2.21. The molecule has 0 atom stereocenters. The van der Waals surface area contributed by atoms with E-state index in [4.69, 9.17) is 9.47 Å². The van der Waals surface area contributed by atoms with Gasteiger partial charge in [-0.05, 0) is 30.3 Å². The summed E-state index contributed by atoms with van der Waals surface area (Å²) in [7, 11) is 0.401. The summed E-state index contributed by atoms with van der Waals surface area (Å²) in [6.07, 6.45) is 0. The molecule has 0 fully saturated rings. The number of carbonyl (C=O) groups excluding carboxylic acids is 1. The molecule has 0 saturated carbocycles. The van der Waals surface area contributed by atoms with Gasteiger partial charge in [-0.15, -0.1) is 0 Å². The maximum absolute atomic E-state index is 12.7. The SMILES string of the molecule is CNC(=O)c1cccc(NS(=O)(=O)c2cc(OC)ccc2OC)c1. The smallest absolute Gasteiger partial charge is 0.265 e. The van der Waals surface area contributed by atoms with Crippen LogP contribution in [-0.2, 0) is 10.0 Å². The summed E-state index contributed by atoms with van der Waals surface area (Å²) in [5.41, 5.74) is 0.608. The lowest BCUT2D eigenvalue weighted by Crippen LogP contribution is -2.18. The van der Waals surface area contributed by atoms with Gasteiger partial charge in [-0.3, -0.25) is 9.52 Å². The molecule has 0 aliphatic rings. The van der Waals surface area contributed by atoms with Crippen LogP contribution in [0, 0.1) is 0 Å². The van der Waals surface area contributed by atoms with Crippen molar-refractivity contribution in [3.05, 3.63) is 48.0 Å². The van der Waals surface area contributed by atoms with Gasteiger partial charge in [0.1, 0.15) is 16.4 Å². The van der Waals surface area contributed by atoms with E-state index in [1.807, 2.05) is 0 Å². The first-order chi connectivity index (χ1) is 11.4. The van der Waals surface area contributed by atoms with E-state index in [1.165, 1.54) is 39.5 Å². The van der Waals surface area contributed by atoms with Crippen molar-refractivity contribution in [2.45, 2.75) is 4.90 Å². The van der Waals surface area contributed by atoms with Crippen molar-refractivity contribution in [2.24, 2.45) is 0 Å². The topological polar surface area (TPSA) is 93.7 Å². The molecule has 7 nitrogen and oxygen atoms in total. The number of amides is 1. The van der Waals surface area contributed by atoms with Crippen LogP contribution in [0.2, 0.25) is 0 Å². The molecule has 128 valence electrons. The third-order valence-corrected chi connectivity index (χ3v) is 4.67. The van der Waals surface area contributed by atoms with Crippen LogP contribution >= 0.6 is 0 Å². The zero-order chi connectivity index (χ0) is 17.7. The summed E-state index contributed by atoms with van der Waals surface area (Å²) >= 11 is 0. The Morgan fingerprint density at radius 1 is 1.04 bits per heavy atom. The van der Waals surface area contributed by atoms with Crippen molar-refractivity contribution in [3.63, 3.8) is 0 Å². The number of ether oxygens (including phenoxy) is 2. The molecule has 0 saturated heterocycles. The number of sulfonamides is 1. The van der Waals surface area contributed by atoms with Gasteiger partial charge in [-0.2, -0.15) is 0 Å². The minimum absolute atomic E-state index is 0.0605. The lowest BCUT2D eigenvalue weighted by atomic mass is 10.2. The van der Waals surface area contributed by atoms with E-state index in [-0.39, 0.29) is 22.2 Å². The third kappa shape index (κ3) is 3.77. The van der Waals surface area contributed by atoms with Gasteiger partial charge in [0.25, 0.3) is 15.9 Å². The monoisotopic (exact) mass is 350 g/mol. The summed E-state index contributed by atoms with van der Waals surface area (Å²) in [5.74, 6) is 0.260. The van der Waals surface area contributed by atoms with Crippen LogP contribution in [0.15, 0.2) is 47.4 Å². The quantitative estimate of drug-likeness (QED) is 0.829. The van der Waals surface area contributed by atoms with E-state index < -0.39 is 10.0 Å². The van der Waals surface area contributed by atoms with E-state index in [9.17, 15) is 13.2 Å². The molecule has 0 aliphatic carbocycles. The molecule has 0 radical (unpaired) electrons. The van der Waals surface area contributed by atoms with E-state index in [1.54, 1.807) is 24.3 Å². The Bertz CT molecular complexity index is 849. The summed E-state index contributed by atoms with van der Waals surface area (Å²) in [6, 6.07) is 10.6. The molecule has 0 bridgehead atoms. The highest BCUT2D eigenvalue weighted by molar-refractivity contribution is 7.92. The van der Waals surface area contributed by atoms with Crippen LogP contribution in [0.4, 0.5) is 5.69 Å². The van der Waals surface area contributed by atoms with Gasteiger partial charge >= 0.3 is 0 Å². The first-order valence-corrected chi connectivity index (χ1v) is 8.46. The lowest BCUT2D eigenvalue weighted by Gasteiger charge is -2.13. The molecule has 2 aromatic carbocycles. The molecule has 0 unspecified atom stereocenters. The summed E-state index contributed by atoms with van der Waals surface area (Å²) in [5, 5.41) is 2.48. The number of hydrogen-bond acceptors (Lipinski definition) is 5. The van der Waals surface area contributed by atoms with E-state index >= 15 is 0 Å². The van der Waals surface area contributed by atoms with Gasteiger partial charge in [-0.25, -0.2) is 8.42 Å². The number of hydrogen-bond donors (Lipinski definition) is 2. The maximum atomic E-state index is 12.7. The van der Waals surface area contributed by atoms with Crippen molar-refractivity contribution < 1.29 is 22.7 Å². The second kappa shape index (κ2) is 7.22. The van der Waals surface area contributed by atoms with Crippen molar-refractivity contribution >= 4 is 21.6 Å². The zero-order valence-corrected chi connectivity index (χ0v) is 14.3. The molecule has 0 aliphatic heterocycles. The molecular weight excluding hydrogens is 332 g/mol. The number of carbonyl (C=O) groups is 1. The van der Waals surface area contributed by atoms with Crippen molar-refractivity contribution in [2.75, 3.05) is 26.0 Å². The second-order valence-electron chi connectivity index (χ2n) is 4.78. The Morgan fingerprint density at radius 3 is 2.42 bits per heavy atom. The van der Waals surface area contributed by atoms with Crippen molar-refractivity contribution in [1.82, 2.24) is 5.32 Å². The average molecular weight is 350 g/mol. The lowest BCUT2D eigenvalue weighted by molar-refractivity contribution is 0.0963. The molecule has 0 heterocycles. The van der Waals surface area contributed by atoms with Crippen LogP contribution in [0.5, 0.6) is 11.5 Å². The summed E-state index contributed by atoms with van der Waals surface area (Å²) in [4.78, 5) is 11.6. The highest BCUT2D eigenvalue weighted by Crippen LogP contribution is 2.29. The Morgan fingerprint density at radius 2 is 1.79 bits per heavy atom. The largest absolute Gasteiger partial charge is 0.497 e. The van der Waals surface area contributed by atoms with E-state index in [2.05, 4.69) is 10.0 Å². The molecule has 1 amide bonds. The third-order valence-electron chi connectivity index (χ3n) is 3.26. The number of anilines is 1. The number of benzene rings is 2. The summed E-state index contributed by atoms with van der Waals surface area (Å²) < 4.78 is 37.9. The molecule has 2 N–H and O–H groups in total. The molecule has 8 heteroatoms. The first kappa shape index (κ1) is 17.6. The van der Waals surface area contributed by atoms with Crippen molar-refractivity contribution in [1.29, 1.82) is 0 Å². The Kier molecular flexibility index (Phi) is 5.30. The maximum Gasteiger partial charge on any atom is 0.265 e. The average Bonchev–Trinajstić information content (AvgIpc) is 2.60. The normalized spacial score (nSPS) is 10.8. The van der Waals surface area contributed by atoms with Crippen LogP contribution in [0.3, 0.4) is 0 Å². The second-order valence-corrected chi connectivity index (χ2v) is 6.43. The Balaban J connectivity index is 2.40. The Labute approximate surface area is 140 Å². The summed E-state index contributed by atoms with van der Waals surface area (Å²) in [6.45, 7) is 0. The molecule has 0 aromatic heterocycles. The van der Waals surface area contributed by atoms with Crippen LogP contribution in [0.25, 0.3) is 0 Å². The minimum Gasteiger partial charge on any atom is -0.497 e. The Hall–Kier alpha value is -2.74. The van der Waals surface area contributed by atoms with Crippen LogP contribution in [0.1, 0.15) is 10.4 Å². The number of methoxy groups -OCH3 is 2. The predicted molar refractivity (Wildman–Crippen MR) is 90.2 cm³/mol. The van der Waals surface area contributed by atoms with Crippen molar-refractivity contribution in [3.8, 4) is 11.5 Å². The van der Waals surface area contributed by atoms with Gasteiger partial charge in [0.05, 0.1) is 14.2 Å². The molecule has 2 rings (SSSR count). The predicted octanol–water partition coefficient (Wildman–Crippen LogP) is 1.86. The fourth-order valence-corrected chi connectivity index (χ4v) is 3.31. The molecule has 0 spiro atoms. The minimum atomic E-state index is -3.92. The van der Waals surface area contributed by atoms with E-state index in [0.717, 1.165) is 0 Å². The molecule has 24 heavy (non-hydrogen) atoms.